The van der Waals surface area contributed by atoms with E-state index in [1.54, 1.807) is 12.1 Å². The number of carbonyl (C=O) groups is 3. The van der Waals surface area contributed by atoms with Crippen LogP contribution in [0.15, 0.2) is 84.9 Å². The number of benzene rings is 3. The first-order valence-electron chi connectivity index (χ1n) is 10.9. The quantitative estimate of drug-likeness (QED) is 0.478. The summed E-state index contributed by atoms with van der Waals surface area (Å²) in [6.07, 6.45) is 0. The molecule has 1 aliphatic rings. The maximum Gasteiger partial charge on any atom is 0.316 e. The molecule has 0 aromatic heterocycles. The van der Waals surface area contributed by atoms with Crippen molar-refractivity contribution in [3.8, 4) is 0 Å². The SMILES string of the molecule is Nc1ccc(C(=O)NC(=O)C(=O)N2CCN(C(c3ccccc3)c3ccccc3)CC2)cc1. The van der Waals surface area contributed by atoms with Gasteiger partial charge >= 0.3 is 11.8 Å². The van der Waals surface area contributed by atoms with Gasteiger partial charge in [0.15, 0.2) is 0 Å². The molecule has 33 heavy (non-hydrogen) atoms. The summed E-state index contributed by atoms with van der Waals surface area (Å²) in [6.45, 7) is 2.02. The van der Waals surface area contributed by atoms with Gasteiger partial charge in [-0.05, 0) is 35.4 Å². The van der Waals surface area contributed by atoms with Crippen LogP contribution in [-0.2, 0) is 9.59 Å². The minimum Gasteiger partial charge on any atom is -0.399 e. The number of amides is 3. The molecule has 0 saturated carbocycles. The normalized spacial score (nSPS) is 14.2. The largest absolute Gasteiger partial charge is 0.399 e. The Morgan fingerprint density at radius 2 is 1.24 bits per heavy atom. The zero-order chi connectivity index (χ0) is 23.2. The summed E-state index contributed by atoms with van der Waals surface area (Å²) >= 11 is 0. The van der Waals surface area contributed by atoms with Gasteiger partial charge in [0.05, 0.1) is 6.04 Å². The first-order valence-corrected chi connectivity index (χ1v) is 10.9. The second-order valence-electron chi connectivity index (χ2n) is 7.96. The third-order valence-corrected chi connectivity index (χ3v) is 5.79. The monoisotopic (exact) mass is 442 g/mol. The zero-order valence-electron chi connectivity index (χ0n) is 18.2. The molecule has 4 rings (SSSR count). The Hall–Kier alpha value is -3.97. The molecule has 7 heteroatoms. The number of imide groups is 1. The van der Waals surface area contributed by atoms with Crippen molar-refractivity contribution in [2.75, 3.05) is 31.9 Å². The van der Waals surface area contributed by atoms with E-state index in [4.69, 9.17) is 5.73 Å². The molecule has 0 unspecified atom stereocenters. The number of rotatable bonds is 4. The van der Waals surface area contributed by atoms with Crippen LogP contribution in [0, 0.1) is 0 Å². The highest BCUT2D eigenvalue weighted by Crippen LogP contribution is 2.29. The molecule has 0 bridgehead atoms. The number of nitrogens with one attached hydrogen (secondary N) is 1. The lowest BCUT2D eigenvalue weighted by Crippen LogP contribution is -2.53. The molecule has 3 aromatic rings. The maximum absolute atomic E-state index is 12.7. The standard InChI is InChI=1S/C26H26N4O3/c27-22-13-11-21(12-14-22)24(31)28-25(32)26(33)30-17-15-29(16-18-30)23(19-7-3-1-4-8-19)20-9-5-2-6-10-20/h1-14,23H,15-18,27H2,(H,28,31,32). The number of hydrogen-bond acceptors (Lipinski definition) is 5. The van der Waals surface area contributed by atoms with Gasteiger partial charge in [0.1, 0.15) is 0 Å². The van der Waals surface area contributed by atoms with Gasteiger partial charge in [0.25, 0.3) is 5.91 Å². The van der Waals surface area contributed by atoms with E-state index < -0.39 is 17.7 Å². The summed E-state index contributed by atoms with van der Waals surface area (Å²) in [5.41, 5.74) is 8.75. The van der Waals surface area contributed by atoms with E-state index in [1.165, 1.54) is 28.2 Å². The van der Waals surface area contributed by atoms with Crippen LogP contribution in [0.5, 0.6) is 0 Å². The van der Waals surface area contributed by atoms with Gasteiger partial charge in [-0.2, -0.15) is 0 Å². The molecule has 0 spiro atoms. The summed E-state index contributed by atoms with van der Waals surface area (Å²) in [4.78, 5) is 41.1. The average Bonchev–Trinajstić information content (AvgIpc) is 2.86. The predicted octanol–water partition coefficient (Wildman–Crippen LogP) is 2.46. The second-order valence-corrected chi connectivity index (χ2v) is 7.96. The van der Waals surface area contributed by atoms with Crippen molar-refractivity contribution < 1.29 is 14.4 Å². The molecule has 0 aliphatic carbocycles. The average molecular weight is 443 g/mol. The lowest BCUT2D eigenvalue weighted by Gasteiger charge is -2.39. The number of piperazine rings is 1. The van der Waals surface area contributed by atoms with Gasteiger partial charge in [-0.25, -0.2) is 0 Å². The van der Waals surface area contributed by atoms with Gasteiger partial charge in [-0.15, -0.1) is 0 Å². The summed E-state index contributed by atoms with van der Waals surface area (Å²) in [6, 6.07) is 26.7. The van der Waals surface area contributed by atoms with E-state index in [9.17, 15) is 14.4 Å². The van der Waals surface area contributed by atoms with E-state index in [2.05, 4.69) is 34.5 Å². The highest BCUT2D eigenvalue weighted by atomic mass is 16.2. The number of nitrogens with zero attached hydrogens (tertiary/aromatic N) is 2. The van der Waals surface area contributed by atoms with E-state index in [0.29, 0.717) is 31.9 Å². The molecule has 1 saturated heterocycles. The number of hydrogen-bond donors (Lipinski definition) is 2. The summed E-state index contributed by atoms with van der Waals surface area (Å²) in [5, 5.41) is 2.17. The molecule has 3 N–H and O–H groups in total. The Morgan fingerprint density at radius 3 is 1.76 bits per heavy atom. The third-order valence-electron chi connectivity index (χ3n) is 5.79. The predicted molar refractivity (Wildman–Crippen MR) is 126 cm³/mol. The first-order chi connectivity index (χ1) is 16.0. The van der Waals surface area contributed by atoms with Crippen molar-refractivity contribution in [1.82, 2.24) is 15.1 Å². The minimum absolute atomic E-state index is 0.0607. The topological polar surface area (TPSA) is 95.7 Å². The van der Waals surface area contributed by atoms with E-state index in [-0.39, 0.29) is 11.6 Å². The Kier molecular flexibility index (Phi) is 6.80. The molecule has 3 amide bonds. The number of nitrogens with two attached hydrogens (primary N) is 1. The Morgan fingerprint density at radius 1 is 0.727 bits per heavy atom. The van der Waals surface area contributed by atoms with E-state index >= 15 is 0 Å². The lowest BCUT2D eigenvalue weighted by molar-refractivity contribution is -0.146. The van der Waals surface area contributed by atoms with Crippen molar-refractivity contribution in [2.24, 2.45) is 0 Å². The molecule has 0 radical (unpaired) electrons. The second kappa shape index (κ2) is 10.1. The number of nitrogen functional groups attached to an aromatic ring is 1. The molecule has 168 valence electrons. The first kappa shape index (κ1) is 22.2. The molecular formula is C26H26N4O3. The van der Waals surface area contributed by atoms with E-state index in [0.717, 1.165) is 0 Å². The van der Waals surface area contributed by atoms with Crippen LogP contribution in [0.25, 0.3) is 0 Å². The molecule has 0 atom stereocenters. The molecule has 1 fully saturated rings. The van der Waals surface area contributed by atoms with Crippen molar-refractivity contribution in [3.63, 3.8) is 0 Å². The molecule has 7 nitrogen and oxygen atoms in total. The van der Waals surface area contributed by atoms with Crippen LogP contribution < -0.4 is 11.1 Å². The Bertz CT molecular complexity index is 1070. The Balaban J connectivity index is 1.39. The van der Waals surface area contributed by atoms with E-state index in [1.807, 2.05) is 36.4 Å². The highest BCUT2D eigenvalue weighted by Gasteiger charge is 2.31. The third kappa shape index (κ3) is 5.27. The van der Waals surface area contributed by atoms with Gasteiger partial charge in [0, 0.05) is 37.4 Å². The fourth-order valence-corrected chi connectivity index (χ4v) is 4.07. The number of anilines is 1. The van der Waals surface area contributed by atoms with Crippen LogP contribution in [0.2, 0.25) is 0 Å². The molecular weight excluding hydrogens is 416 g/mol. The van der Waals surface area contributed by atoms with Crippen LogP contribution in [-0.4, -0.2) is 53.7 Å². The molecule has 1 aliphatic heterocycles. The minimum atomic E-state index is -0.923. The van der Waals surface area contributed by atoms with Crippen LogP contribution >= 0.6 is 0 Å². The fraction of sp³-hybridized carbons (Fsp3) is 0.192. The van der Waals surface area contributed by atoms with Crippen LogP contribution in [0.4, 0.5) is 5.69 Å². The van der Waals surface area contributed by atoms with Gasteiger partial charge in [0.2, 0.25) is 0 Å². The smallest absolute Gasteiger partial charge is 0.316 e. The van der Waals surface area contributed by atoms with Crippen molar-refractivity contribution in [2.45, 2.75) is 6.04 Å². The molecule has 1 heterocycles. The lowest BCUT2D eigenvalue weighted by atomic mass is 9.96. The number of carbonyl (C=O) groups excluding carboxylic acids is 3. The fourth-order valence-electron chi connectivity index (χ4n) is 4.07. The Labute approximate surface area is 192 Å². The van der Waals surface area contributed by atoms with Crippen LogP contribution in [0.1, 0.15) is 27.5 Å². The highest BCUT2D eigenvalue weighted by molar-refractivity contribution is 6.38. The molecule has 3 aromatic carbocycles. The van der Waals surface area contributed by atoms with Gasteiger partial charge < -0.3 is 10.6 Å². The summed E-state index contributed by atoms with van der Waals surface area (Å²) < 4.78 is 0. The maximum atomic E-state index is 12.7. The summed E-state index contributed by atoms with van der Waals surface area (Å²) in [7, 11) is 0. The summed E-state index contributed by atoms with van der Waals surface area (Å²) in [5.74, 6) is -2.25. The van der Waals surface area contributed by atoms with Crippen molar-refractivity contribution in [1.29, 1.82) is 0 Å². The zero-order valence-corrected chi connectivity index (χ0v) is 18.2. The van der Waals surface area contributed by atoms with Gasteiger partial charge in [-0.3, -0.25) is 24.6 Å². The van der Waals surface area contributed by atoms with Crippen molar-refractivity contribution in [3.05, 3.63) is 102 Å². The van der Waals surface area contributed by atoms with Gasteiger partial charge in [-0.1, -0.05) is 60.7 Å². The van der Waals surface area contributed by atoms with Crippen LogP contribution in [0.3, 0.4) is 0 Å². The van der Waals surface area contributed by atoms with Crippen molar-refractivity contribution >= 4 is 23.4 Å².